The summed E-state index contributed by atoms with van der Waals surface area (Å²) < 4.78 is 39.0. The van der Waals surface area contributed by atoms with Crippen molar-refractivity contribution in [3.05, 3.63) is 72.6 Å². The molecule has 7 heteroatoms. The molecule has 3 nitrogen and oxygen atoms in total. The molecule has 0 atom stereocenters. The third kappa shape index (κ3) is 4.05. The number of aromatic nitrogens is 2. The molecular formula is C17H12F3N3S. The van der Waals surface area contributed by atoms with E-state index in [1.807, 2.05) is 30.3 Å². The van der Waals surface area contributed by atoms with E-state index in [0.717, 1.165) is 17.0 Å². The molecule has 0 saturated heterocycles. The predicted molar refractivity (Wildman–Crippen MR) is 87.3 cm³/mol. The lowest BCUT2D eigenvalue weighted by atomic mass is 10.2. The molecule has 0 radical (unpaired) electrons. The monoisotopic (exact) mass is 347 g/mol. The molecule has 3 rings (SSSR count). The van der Waals surface area contributed by atoms with Crippen molar-refractivity contribution in [2.75, 3.05) is 5.32 Å². The number of nitrogens with one attached hydrogen (secondary N) is 1. The number of alkyl halides is 3. The van der Waals surface area contributed by atoms with Crippen molar-refractivity contribution in [1.82, 2.24) is 9.97 Å². The number of halogens is 3. The topological polar surface area (TPSA) is 37.8 Å². The second-order valence-corrected chi connectivity index (χ2v) is 5.94. The molecule has 0 saturated carbocycles. The zero-order valence-corrected chi connectivity index (χ0v) is 13.1. The maximum atomic E-state index is 13.0. The lowest BCUT2D eigenvalue weighted by Crippen LogP contribution is -2.06. The largest absolute Gasteiger partial charge is 0.416 e. The van der Waals surface area contributed by atoms with Crippen molar-refractivity contribution in [3.8, 4) is 0 Å². The quantitative estimate of drug-likeness (QED) is 0.687. The smallest absolute Gasteiger partial charge is 0.323 e. The van der Waals surface area contributed by atoms with Gasteiger partial charge in [-0.05, 0) is 36.4 Å². The van der Waals surface area contributed by atoms with E-state index in [1.165, 1.54) is 30.2 Å². The van der Waals surface area contributed by atoms with Crippen LogP contribution in [0, 0.1) is 0 Å². The normalized spacial score (nSPS) is 11.3. The van der Waals surface area contributed by atoms with Gasteiger partial charge in [-0.25, -0.2) is 9.97 Å². The van der Waals surface area contributed by atoms with Crippen LogP contribution in [0.1, 0.15) is 5.56 Å². The first kappa shape index (κ1) is 16.3. The maximum absolute atomic E-state index is 13.0. The average molecular weight is 347 g/mol. The molecule has 0 aliphatic heterocycles. The summed E-state index contributed by atoms with van der Waals surface area (Å²) in [5.74, 6) is 0.242. The third-order valence-electron chi connectivity index (χ3n) is 3.09. The van der Waals surface area contributed by atoms with Crippen LogP contribution >= 0.6 is 11.8 Å². The SMILES string of the molecule is FC(F)(F)c1ccc(Sc2ccccc2)c(Nc2ncccn2)c1. The van der Waals surface area contributed by atoms with Gasteiger partial charge in [-0.3, -0.25) is 0 Å². The first-order valence-electron chi connectivity index (χ1n) is 7.00. The van der Waals surface area contributed by atoms with Gasteiger partial charge >= 0.3 is 6.18 Å². The van der Waals surface area contributed by atoms with E-state index in [9.17, 15) is 13.2 Å². The Balaban J connectivity index is 1.97. The summed E-state index contributed by atoms with van der Waals surface area (Å²) in [6.45, 7) is 0. The van der Waals surface area contributed by atoms with E-state index < -0.39 is 11.7 Å². The summed E-state index contributed by atoms with van der Waals surface area (Å²) in [4.78, 5) is 9.58. The highest BCUT2D eigenvalue weighted by molar-refractivity contribution is 7.99. The molecule has 0 unspecified atom stereocenters. The Hall–Kier alpha value is -2.54. The molecule has 0 amide bonds. The van der Waals surface area contributed by atoms with Crippen LogP contribution in [0.5, 0.6) is 0 Å². The average Bonchev–Trinajstić information content (AvgIpc) is 2.57. The number of nitrogens with zero attached hydrogens (tertiary/aromatic N) is 2. The summed E-state index contributed by atoms with van der Waals surface area (Å²) in [6, 6.07) is 14.6. The van der Waals surface area contributed by atoms with Gasteiger partial charge in [0, 0.05) is 22.2 Å². The summed E-state index contributed by atoms with van der Waals surface area (Å²) >= 11 is 1.37. The van der Waals surface area contributed by atoms with Gasteiger partial charge in [0.05, 0.1) is 11.3 Å². The Kier molecular flexibility index (Phi) is 4.71. The molecule has 3 aromatic rings. The number of anilines is 2. The zero-order valence-electron chi connectivity index (χ0n) is 12.3. The standard InChI is InChI=1S/C17H12F3N3S/c18-17(19,20)12-7-8-15(24-13-5-2-1-3-6-13)14(11-12)23-16-21-9-4-10-22-16/h1-11H,(H,21,22,23). The summed E-state index contributed by atoms with van der Waals surface area (Å²) in [5, 5.41) is 2.86. The van der Waals surface area contributed by atoms with Gasteiger partial charge in [0.2, 0.25) is 5.95 Å². The predicted octanol–water partition coefficient (Wildman–Crippen LogP) is 5.39. The highest BCUT2D eigenvalue weighted by Crippen LogP contribution is 2.38. The van der Waals surface area contributed by atoms with E-state index in [0.29, 0.717) is 10.6 Å². The lowest BCUT2D eigenvalue weighted by molar-refractivity contribution is -0.137. The highest BCUT2D eigenvalue weighted by atomic mass is 32.2. The van der Waals surface area contributed by atoms with Gasteiger partial charge in [-0.2, -0.15) is 13.2 Å². The van der Waals surface area contributed by atoms with E-state index in [4.69, 9.17) is 0 Å². The fraction of sp³-hybridized carbons (Fsp3) is 0.0588. The van der Waals surface area contributed by atoms with Gasteiger partial charge in [0.25, 0.3) is 0 Å². The van der Waals surface area contributed by atoms with E-state index in [2.05, 4.69) is 15.3 Å². The first-order chi connectivity index (χ1) is 11.5. The van der Waals surface area contributed by atoms with E-state index in [-0.39, 0.29) is 5.95 Å². The molecule has 1 aromatic heterocycles. The Bertz CT molecular complexity index is 808. The Morgan fingerprint density at radius 1 is 0.875 bits per heavy atom. The molecule has 1 N–H and O–H groups in total. The zero-order chi connectivity index (χ0) is 17.0. The molecule has 1 heterocycles. The van der Waals surface area contributed by atoms with Crippen molar-refractivity contribution in [2.45, 2.75) is 16.0 Å². The maximum Gasteiger partial charge on any atom is 0.416 e. The minimum atomic E-state index is -4.41. The molecule has 0 bridgehead atoms. The van der Waals surface area contributed by atoms with Crippen LogP contribution in [0.25, 0.3) is 0 Å². The van der Waals surface area contributed by atoms with Gasteiger partial charge < -0.3 is 5.32 Å². The number of rotatable bonds is 4. The molecule has 0 aliphatic rings. The second-order valence-electron chi connectivity index (χ2n) is 4.82. The minimum absolute atomic E-state index is 0.242. The molecule has 24 heavy (non-hydrogen) atoms. The summed E-state index contributed by atoms with van der Waals surface area (Å²) in [6.07, 6.45) is -1.37. The number of hydrogen-bond donors (Lipinski definition) is 1. The second kappa shape index (κ2) is 6.92. The van der Waals surface area contributed by atoms with Gasteiger partial charge in [0.15, 0.2) is 0 Å². The molecule has 122 valence electrons. The van der Waals surface area contributed by atoms with Crippen molar-refractivity contribution in [2.24, 2.45) is 0 Å². The van der Waals surface area contributed by atoms with Crippen molar-refractivity contribution < 1.29 is 13.2 Å². The number of benzene rings is 2. The summed E-state index contributed by atoms with van der Waals surface area (Å²) in [5.41, 5.74) is -0.414. The van der Waals surface area contributed by atoms with Gasteiger partial charge in [-0.15, -0.1) is 0 Å². The Morgan fingerprint density at radius 2 is 1.58 bits per heavy atom. The van der Waals surface area contributed by atoms with Crippen molar-refractivity contribution in [1.29, 1.82) is 0 Å². The highest BCUT2D eigenvalue weighted by Gasteiger charge is 2.31. The molecule has 0 aliphatic carbocycles. The minimum Gasteiger partial charge on any atom is -0.323 e. The van der Waals surface area contributed by atoms with Crippen LogP contribution in [-0.4, -0.2) is 9.97 Å². The van der Waals surface area contributed by atoms with Gasteiger partial charge in [-0.1, -0.05) is 30.0 Å². The van der Waals surface area contributed by atoms with E-state index in [1.54, 1.807) is 6.07 Å². The Labute approximate surface area is 141 Å². The third-order valence-corrected chi connectivity index (χ3v) is 4.17. The van der Waals surface area contributed by atoms with Crippen LogP contribution < -0.4 is 5.32 Å². The van der Waals surface area contributed by atoms with Gasteiger partial charge in [0.1, 0.15) is 0 Å². The van der Waals surface area contributed by atoms with Crippen LogP contribution in [0.4, 0.5) is 24.8 Å². The molecule has 0 fully saturated rings. The fourth-order valence-corrected chi connectivity index (χ4v) is 2.90. The number of hydrogen-bond acceptors (Lipinski definition) is 4. The fourth-order valence-electron chi connectivity index (χ4n) is 1.99. The Morgan fingerprint density at radius 3 is 2.25 bits per heavy atom. The first-order valence-corrected chi connectivity index (χ1v) is 7.82. The summed E-state index contributed by atoms with van der Waals surface area (Å²) in [7, 11) is 0. The molecule has 0 spiro atoms. The molecular weight excluding hydrogens is 335 g/mol. The molecule has 2 aromatic carbocycles. The van der Waals surface area contributed by atoms with Crippen LogP contribution in [0.2, 0.25) is 0 Å². The van der Waals surface area contributed by atoms with Crippen LogP contribution in [0.15, 0.2) is 76.8 Å². The lowest BCUT2D eigenvalue weighted by Gasteiger charge is -2.14. The van der Waals surface area contributed by atoms with Crippen molar-refractivity contribution >= 4 is 23.4 Å². The van der Waals surface area contributed by atoms with Crippen LogP contribution in [-0.2, 0) is 6.18 Å². The van der Waals surface area contributed by atoms with Crippen LogP contribution in [0.3, 0.4) is 0 Å². The van der Waals surface area contributed by atoms with Crippen molar-refractivity contribution in [3.63, 3.8) is 0 Å². The van der Waals surface area contributed by atoms with E-state index >= 15 is 0 Å².